The average molecular weight is 327 g/mol. The normalized spacial score (nSPS) is 10.5. The quantitative estimate of drug-likeness (QED) is 0.588. The van der Waals surface area contributed by atoms with Gasteiger partial charge in [-0.25, -0.2) is 4.98 Å². The van der Waals surface area contributed by atoms with Gasteiger partial charge in [0.25, 0.3) is 5.89 Å². The largest absolute Gasteiger partial charge is 0.475 e. The standard InChI is InChI=1S/C17H17N3O4/c1-21-9-10-22-15-11-13(7-8-18-15)12-23-17-20-19-16(24-17)14-5-3-2-4-6-14/h2-8,11H,9-10,12H2,1H3. The van der Waals surface area contributed by atoms with Gasteiger partial charge < -0.3 is 18.6 Å². The van der Waals surface area contributed by atoms with Crippen LogP contribution in [-0.4, -0.2) is 35.5 Å². The molecule has 7 heteroatoms. The minimum Gasteiger partial charge on any atom is -0.475 e. The number of nitrogens with zero attached hydrogens (tertiary/aromatic N) is 3. The van der Waals surface area contributed by atoms with E-state index in [0.717, 1.165) is 11.1 Å². The third-order valence-corrected chi connectivity index (χ3v) is 3.13. The third kappa shape index (κ3) is 4.30. The molecule has 0 unspecified atom stereocenters. The molecule has 2 heterocycles. The number of aromatic nitrogens is 3. The Morgan fingerprint density at radius 2 is 1.88 bits per heavy atom. The van der Waals surface area contributed by atoms with E-state index < -0.39 is 0 Å². The van der Waals surface area contributed by atoms with Gasteiger partial charge in [0.05, 0.1) is 6.61 Å². The molecule has 0 spiro atoms. The number of hydrogen-bond acceptors (Lipinski definition) is 7. The van der Waals surface area contributed by atoms with Crippen molar-refractivity contribution in [1.82, 2.24) is 15.2 Å². The topological polar surface area (TPSA) is 79.5 Å². The highest BCUT2D eigenvalue weighted by atomic mass is 16.6. The molecule has 24 heavy (non-hydrogen) atoms. The molecule has 124 valence electrons. The first-order chi connectivity index (χ1) is 11.8. The van der Waals surface area contributed by atoms with E-state index in [-0.39, 0.29) is 12.7 Å². The van der Waals surface area contributed by atoms with Crippen LogP contribution in [0.25, 0.3) is 11.5 Å². The maximum absolute atomic E-state index is 5.53. The molecule has 1 aromatic carbocycles. The Kier molecular flexibility index (Phi) is 5.36. The van der Waals surface area contributed by atoms with Crippen LogP contribution in [0.15, 0.2) is 53.1 Å². The van der Waals surface area contributed by atoms with Crippen LogP contribution in [0.4, 0.5) is 0 Å². The van der Waals surface area contributed by atoms with E-state index in [4.69, 9.17) is 18.6 Å². The van der Waals surface area contributed by atoms with Crippen molar-refractivity contribution < 1.29 is 18.6 Å². The van der Waals surface area contributed by atoms with Gasteiger partial charge in [-0.15, -0.1) is 5.10 Å². The van der Waals surface area contributed by atoms with E-state index in [9.17, 15) is 0 Å². The van der Waals surface area contributed by atoms with E-state index in [2.05, 4.69) is 15.2 Å². The fourth-order valence-electron chi connectivity index (χ4n) is 1.96. The lowest BCUT2D eigenvalue weighted by Crippen LogP contribution is -2.06. The summed E-state index contributed by atoms with van der Waals surface area (Å²) in [5.41, 5.74) is 1.73. The van der Waals surface area contributed by atoms with Crippen LogP contribution in [0.5, 0.6) is 12.0 Å². The van der Waals surface area contributed by atoms with Gasteiger partial charge in [-0.3, -0.25) is 0 Å². The molecule has 3 aromatic rings. The maximum atomic E-state index is 5.53. The molecule has 0 saturated carbocycles. The minimum absolute atomic E-state index is 0.118. The molecule has 0 atom stereocenters. The lowest BCUT2D eigenvalue weighted by molar-refractivity contribution is 0.143. The van der Waals surface area contributed by atoms with Crippen molar-refractivity contribution >= 4 is 0 Å². The summed E-state index contributed by atoms with van der Waals surface area (Å²) in [7, 11) is 1.62. The van der Waals surface area contributed by atoms with Crippen LogP contribution in [0.1, 0.15) is 5.56 Å². The summed E-state index contributed by atoms with van der Waals surface area (Å²) >= 11 is 0. The van der Waals surface area contributed by atoms with Gasteiger partial charge in [0.15, 0.2) is 0 Å². The first kappa shape index (κ1) is 15.9. The SMILES string of the molecule is COCCOc1cc(COc2nnc(-c3ccccc3)o2)ccn1. The Labute approximate surface area is 139 Å². The van der Waals surface area contributed by atoms with Gasteiger partial charge in [-0.05, 0) is 23.8 Å². The summed E-state index contributed by atoms with van der Waals surface area (Å²) in [5.74, 6) is 0.938. The molecule has 3 rings (SSSR count). The van der Waals surface area contributed by atoms with Crippen molar-refractivity contribution in [2.24, 2.45) is 0 Å². The van der Waals surface area contributed by atoms with E-state index in [0.29, 0.717) is 25.0 Å². The second-order valence-corrected chi connectivity index (χ2v) is 4.87. The molecule has 0 fully saturated rings. The van der Waals surface area contributed by atoms with Crippen LogP contribution in [-0.2, 0) is 11.3 Å². The Morgan fingerprint density at radius 3 is 2.71 bits per heavy atom. The zero-order chi connectivity index (χ0) is 16.6. The smallest absolute Gasteiger partial charge is 0.415 e. The monoisotopic (exact) mass is 327 g/mol. The van der Waals surface area contributed by atoms with Crippen LogP contribution < -0.4 is 9.47 Å². The first-order valence-corrected chi connectivity index (χ1v) is 7.43. The highest BCUT2D eigenvalue weighted by molar-refractivity contribution is 5.51. The summed E-state index contributed by atoms with van der Waals surface area (Å²) in [4.78, 5) is 4.13. The van der Waals surface area contributed by atoms with Crippen molar-refractivity contribution in [1.29, 1.82) is 0 Å². The van der Waals surface area contributed by atoms with E-state index in [1.54, 1.807) is 19.4 Å². The molecular formula is C17H17N3O4. The number of rotatable bonds is 8. The van der Waals surface area contributed by atoms with Crippen molar-refractivity contribution in [3.05, 3.63) is 54.2 Å². The molecule has 0 N–H and O–H groups in total. The third-order valence-electron chi connectivity index (χ3n) is 3.13. The molecule has 0 aliphatic rings. The second-order valence-electron chi connectivity index (χ2n) is 4.87. The molecule has 0 amide bonds. The highest BCUT2D eigenvalue weighted by Crippen LogP contribution is 2.21. The number of ether oxygens (including phenoxy) is 3. The van der Waals surface area contributed by atoms with Crippen molar-refractivity contribution in [3.8, 4) is 23.4 Å². The predicted molar refractivity (Wildman–Crippen MR) is 85.7 cm³/mol. The Hall–Kier alpha value is -2.93. The molecule has 0 aliphatic heterocycles. The van der Waals surface area contributed by atoms with E-state index >= 15 is 0 Å². The Morgan fingerprint density at radius 1 is 1.00 bits per heavy atom. The minimum atomic E-state index is 0.118. The zero-order valence-electron chi connectivity index (χ0n) is 13.2. The summed E-state index contributed by atoms with van der Waals surface area (Å²) in [6, 6.07) is 13.1. The van der Waals surface area contributed by atoms with Gasteiger partial charge in [0.2, 0.25) is 5.88 Å². The van der Waals surface area contributed by atoms with Crippen LogP contribution in [0, 0.1) is 0 Å². The summed E-state index contributed by atoms with van der Waals surface area (Å²) in [5, 5.41) is 7.86. The van der Waals surface area contributed by atoms with Gasteiger partial charge in [-0.1, -0.05) is 23.3 Å². The predicted octanol–water partition coefficient (Wildman–Crippen LogP) is 2.74. The molecule has 0 saturated heterocycles. The number of benzene rings is 1. The number of pyridine rings is 1. The second kappa shape index (κ2) is 8.07. The van der Waals surface area contributed by atoms with Crippen molar-refractivity contribution in [2.45, 2.75) is 6.61 Å². The molecule has 0 bridgehead atoms. The van der Waals surface area contributed by atoms with Gasteiger partial charge in [-0.2, -0.15) is 0 Å². The fourth-order valence-corrected chi connectivity index (χ4v) is 1.96. The molecular weight excluding hydrogens is 310 g/mol. The molecule has 2 aromatic heterocycles. The fraction of sp³-hybridized carbons (Fsp3) is 0.235. The lowest BCUT2D eigenvalue weighted by Gasteiger charge is -2.06. The van der Waals surface area contributed by atoms with E-state index in [1.165, 1.54) is 0 Å². The molecule has 7 nitrogen and oxygen atoms in total. The van der Waals surface area contributed by atoms with Crippen molar-refractivity contribution in [3.63, 3.8) is 0 Å². The van der Waals surface area contributed by atoms with Gasteiger partial charge in [0.1, 0.15) is 13.2 Å². The molecule has 0 radical (unpaired) electrons. The van der Waals surface area contributed by atoms with Crippen LogP contribution in [0.3, 0.4) is 0 Å². The van der Waals surface area contributed by atoms with Crippen LogP contribution in [0.2, 0.25) is 0 Å². The van der Waals surface area contributed by atoms with Gasteiger partial charge >= 0.3 is 6.08 Å². The van der Waals surface area contributed by atoms with E-state index in [1.807, 2.05) is 36.4 Å². The maximum Gasteiger partial charge on any atom is 0.415 e. The lowest BCUT2D eigenvalue weighted by atomic mass is 10.2. The zero-order valence-corrected chi connectivity index (χ0v) is 13.2. The van der Waals surface area contributed by atoms with Crippen LogP contribution >= 0.6 is 0 Å². The van der Waals surface area contributed by atoms with Crippen molar-refractivity contribution in [2.75, 3.05) is 20.3 Å². The average Bonchev–Trinajstić information content (AvgIpc) is 3.10. The summed E-state index contributed by atoms with van der Waals surface area (Å²) in [6.45, 7) is 1.23. The first-order valence-electron chi connectivity index (χ1n) is 7.43. The van der Waals surface area contributed by atoms with Gasteiger partial charge in [0, 0.05) is 24.9 Å². The number of methoxy groups -OCH3 is 1. The Bertz CT molecular complexity index is 761. The highest BCUT2D eigenvalue weighted by Gasteiger charge is 2.09. The number of hydrogen-bond donors (Lipinski definition) is 0. The molecule has 0 aliphatic carbocycles. The summed E-state index contributed by atoms with van der Waals surface area (Å²) < 4.78 is 21.4. The Balaban J connectivity index is 1.58. The summed E-state index contributed by atoms with van der Waals surface area (Å²) in [6.07, 6.45) is 1.77.